The second-order valence-electron chi connectivity index (χ2n) is 6.23. The van der Waals surface area contributed by atoms with Crippen molar-refractivity contribution in [3.63, 3.8) is 0 Å². The summed E-state index contributed by atoms with van der Waals surface area (Å²) in [5.74, 6) is 0. The summed E-state index contributed by atoms with van der Waals surface area (Å²) >= 11 is 0. The van der Waals surface area contributed by atoms with E-state index in [1.807, 2.05) is 55.5 Å². The third-order valence-corrected chi connectivity index (χ3v) is 5.58. The molecule has 0 aromatic heterocycles. The Kier molecular flexibility index (Phi) is 6.95. The molecule has 24 heavy (non-hydrogen) atoms. The second kappa shape index (κ2) is 8.95. The fourth-order valence-electron chi connectivity index (χ4n) is 2.90. The molecule has 0 aliphatic rings. The van der Waals surface area contributed by atoms with Gasteiger partial charge in [0.2, 0.25) is 0 Å². The molecule has 0 aliphatic carbocycles. The van der Waals surface area contributed by atoms with Crippen molar-refractivity contribution in [3.8, 4) is 0 Å². The molecule has 2 nitrogen and oxygen atoms in total. The highest BCUT2D eigenvalue weighted by Crippen LogP contribution is 2.32. The van der Waals surface area contributed by atoms with Gasteiger partial charge in [0.05, 0.1) is 10.4 Å². The minimum Gasteiger partial charge on any atom is -0.237 e. The molecule has 0 unspecified atom stereocenters. The van der Waals surface area contributed by atoms with Gasteiger partial charge in [-0.25, -0.2) is 8.93 Å². The smallest absolute Gasteiger partial charge is 0.125 e. The van der Waals surface area contributed by atoms with Crippen LogP contribution in [0.25, 0.3) is 0 Å². The molecule has 2 aromatic carbocycles. The second-order valence-corrected chi connectivity index (χ2v) is 7.44. The van der Waals surface area contributed by atoms with Crippen LogP contribution in [0, 0.1) is 6.92 Å². The van der Waals surface area contributed by atoms with E-state index >= 15 is 0 Å². The van der Waals surface area contributed by atoms with Crippen molar-refractivity contribution < 1.29 is 4.21 Å². The van der Waals surface area contributed by atoms with Gasteiger partial charge >= 0.3 is 0 Å². The maximum Gasteiger partial charge on any atom is 0.125 e. The molecule has 0 amide bonds. The van der Waals surface area contributed by atoms with Crippen LogP contribution < -0.4 is 4.72 Å². The summed E-state index contributed by atoms with van der Waals surface area (Å²) in [5.41, 5.74) is 1.98. The van der Waals surface area contributed by atoms with Gasteiger partial charge in [-0.3, -0.25) is 0 Å². The third kappa shape index (κ3) is 4.65. The highest BCUT2D eigenvalue weighted by atomic mass is 32.2. The molecule has 0 radical (unpaired) electrons. The first-order valence-electron chi connectivity index (χ1n) is 8.54. The largest absolute Gasteiger partial charge is 0.237 e. The van der Waals surface area contributed by atoms with Gasteiger partial charge in [0, 0.05) is 0 Å². The zero-order valence-corrected chi connectivity index (χ0v) is 15.4. The Balaban J connectivity index is 2.35. The average molecular weight is 342 g/mol. The molecular formula is C21H27NOS. The molecule has 0 saturated heterocycles. The van der Waals surface area contributed by atoms with E-state index in [4.69, 9.17) is 0 Å². The highest BCUT2D eigenvalue weighted by Gasteiger charge is 2.32. The molecule has 2 atom stereocenters. The van der Waals surface area contributed by atoms with E-state index in [1.165, 1.54) is 11.1 Å². The van der Waals surface area contributed by atoms with Crippen molar-refractivity contribution in [3.05, 3.63) is 78.4 Å². The lowest BCUT2D eigenvalue weighted by Crippen LogP contribution is -2.43. The Labute approximate surface area is 148 Å². The van der Waals surface area contributed by atoms with Crippen LogP contribution in [0.1, 0.15) is 43.7 Å². The molecule has 0 aliphatic heterocycles. The quantitative estimate of drug-likeness (QED) is 0.619. The van der Waals surface area contributed by atoms with Crippen LogP contribution >= 0.6 is 0 Å². The number of benzene rings is 2. The predicted octanol–water partition coefficient (Wildman–Crippen LogP) is 5.27. The number of nitrogens with one attached hydrogen (secondary N) is 1. The normalized spacial score (nSPS) is 14.8. The zero-order valence-electron chi connectivity index (χ0n) is 14.6. The zero-order chi connectivity index (χ0) is 17.4. The van der Waals surface area contributed by atoms with E-state index in [0.29, 0.717) is 0 Å². The van der Waals surface area contributed by atoms with E-state index in [-0.39, 0.29) is 5.54 Å². The Morgan fingerprint density at radius 2 is 1.79 bits per heavy atom. The molecule has 128 valence electrons. The van der Waals surface area contributed by atoms with Crippen molar-refractivity contribution >= 4 is 11.0 Å². The predicted molar refractivity (Wildman–Crippen MR) is 103 cm³/mol. The first-order valence-corrected chi connectivity index (χ1v) is 9.69. The molecule has 0 heterocycles. The van der Waals surface area contributed by atoms with Crippen LogP contribution in [0.15, 0.2) is 72.1 Å². The molecule has 2 rings (SSSR count). The Morgan fingerprint density at radius 3 is 2.38 bits per heavy atom. The van der Waals surface area contributed by atoms with Crippen LogP contribution in [0.3, 0.4) is 0 Å². The monoisotopic (exact) mass is 341 g/mol. The Morgan fingerprint density at radius 1 is 1.12 bits per heavy atom. The van der Waals surface area contributed by atoms with E-state index in [0.717, 1.165) is 30.6 Å². The standard InChI is InChI=1S/C21H27NOS/c1-4-6-17-21(16-5-2,19-10-8-7-9-11-19)22-24(23)20-14-12-18(3)13-15-20/h5,7-15,22H,2,4,6,16-17H2,1,3H3/t21-,24+/m1/s1. The Hall–Kier alpha value is -1.71. The van der Waals surface area contributed by atoms with Gasteiger partial charge in [-0.05, 0) is 37.5 Å². The number of unbranched alkanes of at least 4 members (excludes halogenated alkanes) is 1. The lowest BCUT2D eigenvalue weighted by atomic mass is 9.83. The number of hydrogen-bond donors (Lipinski definition) is 1. The van der Waals surface area contributed by atoms with Crippen LogP contribution in [0.4, 0.5) is 0 Å². The summed E-state index contributed by atoms with van der Waals surface area (Å²) in [4.78, 5) is 0.807. The van der Waals surface area contributed by atoms with Crippen molar-refractivity contribution in [2.24, 2.45) is 0 Å². The van der Waals surface area contributed by atoms with Gasteiger partial charge in [0.15, 0.2) is 0 Å². The van der Waals surface area contributed by atoms with Crippen molar-refractivity contribution in [1.82, 2.24) is 4.72 Å². The van der Waals surface area contributed by atoms with Crippen LogP contribution in [-0.2, 0) is 16.5 Å². The molecule has 2 aromatic rings. The maximum atomic E-state index is 12.9. The molecular weight excluding hydrogens is 314 g/mol. The average Bonchev–Trinajstić information content (AvgIpc) is 2.61. The number of hydrogen-bond acceptors (Lipinski definition) is 1. The minimum absolute atomic E-state index is 0.352. The molecule has 3 heteroatoms. The van der Waals surface area contributed by atoms with E-state index in [9.17, 15) is 4.21 Å². The van der Waals surface area contributed by atoms with Crippen molar-refractivity contribution in [2.75, 3.05) is 0 Å². The van der Waals surface area contributed by atoms with Gasteiger partial charge in [-0.2, -0.15) is 0 Å². The SMILES string of the molecule is C=CC[C@](CCCC)(N[S@@](=O)c1ccc(C)cc1)c1ccccc1. The molecule has 1 N–H and O–H groups in total. The van der Waals surface area contributed by atoms with Gasteiger partial charge in [-0.1, -0.05) is 73.9 Å². The molecule has 0 fully saturated rings. The Bertz CT molecular complexity index is 666. The van der Waals surface area contributed by atoms with E-state index < -0.39 is 11.0 Å². The first kappa shape index (κ1) is 18.6. The van der Waals surface area contributed by atoms with Gasteiger partial charge in [0.25, 0.3) is 0 Å². The van der Waals surface area contributed by atoms with E-state index in [1.54, 1.807) is 0 Å². The summed E-state index contributed by atoms with van der Waals surface area (Å²) in [6.07, 6.45) is 5.76. The first-order chi connectivity index (χ1) is 11.6. The molecule has 0 bridgehead atoms. The lowest BCUT2D eigenvalue weighted by Gasteiger charge is -2.34. The molecule has 0 spiro atoms. The van der Waals surface area contributed by atoms with Gasteiger partial charge < -0.3 is 0 Å². The van der Waals surface area contributed by atoms with E-state index in [2.05, 4.69) is 30.4 Å². The van der Waals surface area contributed by atoms with Crippen LogP contribution in [0.2, 0.25) is 0 Å². The minimum atomic E-state index is -1.26. The fourth-order valence-corrected chi connectivity index (χ4v) is 4.06. The lowest BCUT2D eigenvalue weighted by molar-refractivity contribution is 0.362. The van der Waals surface area contributed by atoms with Crippen molar-refractivity contribution in [1.29, 1.82) is 0 Å². The fraction of sp³-hybridized carbons (Fsp3) is 0.333. The summed E-state index contributed by atoms with van der Waals surface area (Å²) in [6, 6.07) is 18.2. The number of rotatable bonds is 9. The maximum absolute atomic E-state index is 12.9. The third-order valence-electron chi connectivity index (χ3n) is 4.30. The summed E-state index contributed by atoms with van der Waals surface area (Å²) in [7, 11) is -1.26. The molecule has 0 saturated carbocycles. The van der Waals surface area contributed by atoms with Crippen molar-refractivity contribution in [2.45, 2.75) is 50.0 Å². The summed E-state index contributed by atoms with van der Waals surface area (Å²) in [6.45, 7) is 8.15. The van der Waals surface area contributed by atoms with Crippen LogP contribution in [0.5, 0.6) is 0 Å². The van der Waals surface area contributed by atoms with Gasteiger partial charge in [-0.15, -0.1) is 6.58 Å². The number of aryl methyl sites for hydroxylation is 1. The topological polar surface area (TPSA) is 29.1 Å². The van der Waals surface area contributed by atoms with Gasteiger partial charge in [0.1, 0.15) is 11.0 Å². The summed E-state index contributed by atoms with van der Waals surface area (Å²) in [5, 5.41) is 0. The highest BCUT2D eigenvalue weighted by molar-refractivity contribution is 7.83. The van der Waals surface area contributed by atoms with Crippen LogP contribution in [-0.4, -0.2) is 4.21 Å². The summed E-state index contributed by atoms with van der Waals surface area (Å²) < 4.78 is 16.4.